The number of carbonyl (C=O) groups is 4. The molecule has 0 radical (unpaired) electrons. The van der Waals surface area contributed by atoms with E-state index in [0.29, 0.717) is 22.6 Å². The van der Waals surface area contributed by atoms with Crippen LogP contribution < -0.4 is 9.64 Å². The second kappa shape index (κ2) is 7.54. The summed E-state index contributed by atoms with van der Waals surface area (Å²) in [5.74, 6) is -1.34. The lowest BCUT2D eigenvalue weighted by Gasteiger charge is -2.37. The third kappa shape index (κ3) is 3.34. The van der Waals surface area contributed by atoms with Crippen LogP contribution in [0.15, 0.2) is 42.5 Å². The summed E-state index contributed by atoms with van der Waals surface area (Å²) in [6.45, 7) is 3.35. The second-order valence-corrected chi connectivity index (χ2v) is 7.96. The zero-order chi connectivity index (χ0) is 22.4. The SMILES string of the molecule is Cc1ccc2c(c1)C(=O)N(C(C)C(=O)N1CC(C(=O)N(C)C)Oc3ccccc31)C2=O. The largest absolute Gasteiger partial charge is 0.476 e. The van der Waals surface area contributed by atoms with Crippen molar-refractivity contribution in [2.75, 3.05) is 25.5 Å². The Morgan fingerprint density at radius 1 is 1.06 bits per heavy atom. The Morgan fingerprint density at radius 2 is 1.74 bits per heavy atom. The van der Waals surface area contributed by atoms with Crippen LogP contribution in [0.1, 0.15) is 33.2 Å². The summed E-state index contributed by atoms with van der Waals surface area (Å²) < 4.78 is 5.81. The van der Waals surface area contributed by atoms with Gasteiger partial charge in [0, 0.05) is 14.1 Å². The van der Waals surface area contributed by atoms with Crippen LogP contribution in [0.4, 0.5) is 5.69 Å². The smallest absolute Gasteiger partial charge is 0.265 e. The molecule has 0 saturated carbocycles. The van der Waals surface area contributed by atoms with Crippen LogP contribution in [0.3, 0.4) is 0 Å². The normalized spacial score (nSPS) is 18.3. The Bertz CT molecular complexity index is 1110. The number of hydrogen-bond donors (Lipinski definition) is 0. The van der Waals surface area contributed by atoms with Crippen molar-refractivity contribution in [2.24, 2.45) is 0 Å². The van der Waals surface area contributed by atoms with Gasteiger partial charge in [0.1, 0.15) is 11.8 Å². The van der Waals surface area contributed by atoms with Crippen LogP contribution in [0.25, 0.3) is 0 Å². The van der Waals surface area contributed by atoms with Gasteiger partial charge in [-0.15, -0.1) is 0 Å². The van der Waals surface area contributed by atoms with Crippen LogP contribution in [0.2, 0.25) is 0 Å². The van der Waals surface area contributed by atoms with Crippen molar-refractivity contribution in [3.05, 3.63) is 59.2 Å². The standard InChI is InChI=1S/C23H23N3O5/c1-13-9-10-15-16(11-13)22(29)26(21(15)28)14(2)20(27)25-12-19(23(30)24(3)4)31-18-8-6-5-7-17(18)25/h5-11,14,19H,12H2,1-4H3. The first kappa shape index (κ1) is 20.6. The molecule has 2 aromatic rings. The molecule has 2 aliphatic heterocycles. The van der Waals surface area contributed by atoms with Gasteiger partial charge < -0.3 is 14.5 Å². The van der Waals surface area contributed by atoms with Crippen LogP contribution in [0.5, 0.6) is 5.75 Å². The first-order valence-electron chi connectivity index (χ1n) is 9.97. The van der Waals surface area contributed by atoms with Crippen LogP contribution >= 0.6 is 0 Å². The number of fused-ring (bicyclic) bond motifs is 2. The van der Waals surface area contributed by atoms with E-state index < -0.39 is 29.9 Å². The van der Waals surface area contributed by atoms with Gasteiger partial charge in [0.05, 0.1) is 23.4 Å². The van der Waals surface area contributed by atoms with Crippen molar-refractivity contribution >= 4 is 29.3 Å². The molecule has 160 valence electrons. The molecule has 4 rings (SSSR count). The van der Waals surface area contributed by atoms with Crippen molar-refractivity contribution in [3.8, 4) is 5.75 Å². The number of aryl methyl sites for hydroxylation is 1. The monoisotopic (exact) mass is 421 g/mol. The molecule has 2 aromatic carbocycles. The summed E-state index contributed by atoms with van der Waals surface area (Å²) in [6.07, 6.45) is -0.883. The molecular weight excluding hydrogens is 398 g/mol. The summed E-state index contributed by atoms with van der Waals surface area (Å²) in [4.78, 5) is 55.7. The third-order valence-electron chi connectivity index (χ3n) is 5.57. The predicted octanol–water partition coefficient (Wildman–Crippen LogP) is 1.86. The highest BCUT2D eigenvalue weighted by atomic mass is 16.5. The lowest BCUT2D eigenvalue weighted by molar-refractivity contribution is -0.136. The fourth-order valence-corrected chi connectivity index (χ4v) is 3.92. The Hall–Kier alpha value is -3.68. The Balaban J connectivity index is 1.66. The lowest BCUT2D eigenvalue weighted by Crippen LogP contribution is -2.55. The number of benzene rings is 2. The number of hydrogen-bond acceptors (Lipinski definition) is 5. The molecule has 0 aliphatic carbocycles. The van der Waals surface area contributed by atoms with E-state index in [1.807, 2.05) is 6.92 Å². The zero-order valence-electron chi connectivity index (χ0n) is 17.8. The Kier molecular flexibility index (Phi) is 5.00. The first-order valence-corrected chi connectivity index (χ1v) is 9.97. The molecule has 4 amide bonds. The number of imide groups is 1. The average Bonchev–Trinajstić information content (AvgIpc) is 3.00. The minimum absolute atomic E-state index is 0.0144. The quantitative estimate of drug-likeness (QED) is 0.706. The van der Waals surface area contributed by atoms with Gasteiger partial charge in [-0.3, -0.25) is 24.1 Å². The van der Waals surface area contributed by atoms with Gasteiger partial charge in [0.2, 0.25) is 5.91 Å². The molecule has 0 bridgehead atoms. The van der Waals surface area contributed by atoms with Gasteiger partial charge >= 0.3 is 0 Å². The van der Waals surface area contributed by atoms with E-state index in [-0.39, 0.29) is 12.5 Å². The highest BCUT2D eigenvalue weighted by molar-refractivity contribution is 6.23. The minimum atomic E-state index is -1.05. The number of likely N-dealkylation sites (N-methyl/N-ethyl adjacent to an activating group) is 1. The van der Waals surface area contributed by atoms with Gasteiger partial charge in [-0.05, 0) is 38.1 Å². The third-order valence-corrected chi connectivity index (χ3v) is 5.57. The summed E-state index contributed by atoms with van der Waals surface area (Å²) in [5, 5.41) is 0. The molecule has 0 spiro atoms. The predicted molar refractivity (Wildman–Crippen MR) is 113 cm³/mol. The molecular formula is C23H23N3O5. The van der Waals surface area contributed by atoms with Gasteiger partial charge in [0.15, 0.2) is 6.10 Å². The molecule has 0 aromatic heterocycles. The minimum Gasteiger partial charge on any atom is -0.476 e. The van der Waals surface area contributed by atoms with Gasteiger partial charge in [-0.25, -0.2) is 0 Å². The lowest BCUT2D eigenvalue weighted by atomic mass is 10.1. The first-order chi connectivity index (χ1) is 14.7. The van der Waals surface area contributed by atoms with Crippen molar-refractivity contribution in [2.45, 2.75) is 26.0 Å². The van der Waals surface area contributed by atoms with E-state index in [9.17, 15) is 19.2 Å². The number of amides is 4. The van der Waals surface area contributed by atoms with E-state index in [1.54, 1.807) is 56.6 Å². The topological polar surface area (TPSA) is 87.2 Å². The molecule has 8 heteroatoms. The van der Waals surface area contributed by atoms with Crippen LogP contribution in [-0.2, 0) is 9.59 Å². The van der Waals surface area contributed by atoms with E-state index >= 15 is 0 Å². The Labute approximate surface area is 180 Å². The fourth-order valence-electron chi connectivity index (χ4n) is 3.92. The molecule has 0 saturated heterocycles. The molecule has 2 aliphatic rings. The van der Waals surface area contributed by atoms with Crippen molar-refractivity contribution in [3.63, 3.8) is 0 Å². The van der Waals surface area contributed by atoms with Crippen LogP contribution in [0, 0.1) is 6.92 Å². The van der Waals surface area contributed by atoms with Crippen molar-refractivity contribution in [1.29, 1.82) is 0 Å². The van der Waals surface area contributed by atoms with E-state index in [1.165, 1.54) is 16.7 Å². The molecule has 2 atom stereocenters. The number of para-hydroxylation sites is 2. The maximum Gasteiger partial charge on any atom is 0.265 e. The fraction of sp³-hybridized carbons (Fsp3) is 0.304. The summed E-state index contributed by atoms with van der Waals surface area (Å²) >= 11 is 0. The maximum atomic E-state index is 13.5. The summed E-state index contributed by atoms with van der Waals surface area (Å²) in [7, 11) is 3.23. The number of carbonyl (C=O) groups excluding carboxylic acids is 4. The number of ether oxygens (including phenoxy) is 1. The van der Waals surface area contributed by atoms with E-state index in [2.05, 4.69) is 0 Å². The molecule has 2 heterocycles. The van der Waals surface area contributed by atoms with Gasteiger partial charge in [-0.1, -0.05) is 23.8 Å². The average molecular weight is 421 g/mol. The second-order valence-electron chi connectivity index (χ2n) is 7.96. The molecule has 31 heavy (non-hydrogen) atoms. The highest BCUT2D eigenvalue weighted by Gasteiger charge is 2.44. The van der Waals surface area contributed by atoms with Gasteiger partial charge in [-0.2, -0.15) is 0 Å². The summed E-state index contributed by atoms with van der Waals surface area (Å²) in [6, 6.07) is 10.9. The number of rotatable bonds is 3. The number of anilines is 1. The van der Waals surface area contributed by atoms with Crippen LogP contribution in [-0.4, -0.2) is 66.2 Å². The molecule has 0 N–H and O–H groups in total. The molecule has 2 unspecified atom stereocenters. The molecule has 8 nitrogen and oxygen atoms in total. The molecule has 0 fully saturated rings. The highest BCUT2D eigenvalue weighted by Crippen LogP contribution is 2.35. The van der Waals surface area contributed by atoms with E-state index in [4.69, 9.17) is 4.74 Å². The number of nitrogens with zero attached hydrogens (tertiary/aromatic N) is 3. The van der Waals surface area contributed by atoms with Crippen molar-refractivity contribution in [1.82, 2.24) is 9.80 Å². The maximum absolute atomic E-state index is 13.5. The summed E-state index contributed by atoms with van der Waals surface area (Å²) in [5.41, 5.74) is 1.94. The Morgan fingerprint density at radius 3 is 2.45 bits per heavy atom. The zero-order valence-corrected chi connectivity index (χ0v) is 17.8. The van der Waals surface area contributed by atoms with Crippen molar-refractivity contribution < 1.29 is 23.9 Å². The van der Waals surface area contributed by atoms with Gasteiger partial charge in [0.25, 0.3) is 17.7 Å². The van der Waals surface area contributed by atoms with E-state index in [0.717, 1.165) is 10.5 Å².